The number of nitrogens with zero attached hydrogens (tertiary/aromatic N) is 1. The molecule has 3 aromatic rings. The molecular formula is C16H15NO2. The quantitative estimate of drug-likeness (QED) is 0.517. The fourth-order valence-electron chi connectivity index (χ4n) is 2.53. The molecule has 0 spiro atoms. The van der Waals surface area contributed by atoms with Crippen LogP contribution < -0.4 is 0 Å². The average molecular weight is 253 g/mol. The van der Waals surface area contributed by atoms with Gasteiger partial charge in [0.25, 0.3) is 0 Å². The Morgan fingerprint density at radius 3 is 2.11 bits per heavy atom. The first-order chi connectivity index (χ1) is 9.42. The number of ether oxygens (including phenoxy) is 1. The van der Waals surface area contributed by atoms with Gasteiger partial charge in [0.15, 0.2) is 0 Å². The summed E-state index contributed by atoms with van der Waals surface area (Å²) in [6.07, 6.45) is 0.784. The van der Waals surface area contributed by atoms with Gasteiger partial charge in [0.2, 0.25) is 0 Å². The van der Waals surface area contributed by atoms with Crippen molar-refractivity contribution in [1.82, 2.24) is 4.57 Å². The number of para-hydroxylation sites is 2. The molecule has 96 valence electrons. The van der Waals surface area contributed by atoms with E-state index in [1.54, 1.807) is 0 Å². The van der Waals surface area contributed by atoms with E-state index < -0.39 is 0 Å². The third-order valence-electron chi connectivity index (χ3n) is 3.32. The van der Waals surface area contributed by atoms with E-state index >= 15 is 0 Å². The normalized spacial score (nSPS) is 11.2. The molecule has 0 radical (unpaired) electrons. The summed E-state index contributed by atoms with van der Waals surface area (Å²) in [6.45, 7) is 1.46. The highest BCUT2D eigenvalue weighted by atomic mass is 16.5. The number of benzene rings is 2. The molecule has 0 fully saturated rings. The predicted molar refractivity (Wildman–Crippen MR) is 76.3 cm³/mol. The summed E-state index contributed by atoms with van der Waals surface area (Å²) in [6, 6.07) is 16.7. The van der Waals surface area contributed by atoms with E-state index in [1.807, 2.05) is 12.1 Å². The molecule has 0 atom stereocenters. The minimum atomic E-state index is 0.164. The Morgan fingerprint density at radius 1 is 0.947 bits per heavy atom. The van der Waals surface area contributed by atoms with Gasteiger partial charge in [-0.25, -0.2) is 0 Å². The van der Waals surface area contributed by atoms with Crippen LogP contribution in [0.1, 0.15) is 0 Å². The van der Waals surface area contributed by atoms with Crippen molar-refractivity contribution in [3.63, 3.8) is 0 Å². The lowest BCUT2D eigenvalue weighted by molar-refractivity contribution is -0.111. The fourth-order valence-corrected chi connectivity index (χ4v) is 2.53. The van der Waals surface area contributed by atoms with Crippen molar-refractivity contribution in [3.05, 3.63) is 48.5 Å². The Morgan fingerprint density at radius 2 is 1.53 bits per heavy atom. The zero-order valence-corrected chi connectivity index (χ0v) is 10.6. The molecule has 2 aromatic carbocycles. The minimum absolute atomic E-state index is 0.164. The van der Waals surface area contributed by atoms with Gasteiger partial charge >= 0.3 is 0 Å². The molecule has 0 amide bonds. The molecule has 3 rings (SSSR count). The molecule has 0 aliphatic carbocycles. The topological polar surface area (TPSA) is 31.2 Å². The van der Waals surface area contributed by atoms with Crippen LogP contribution in [0, 0.1) is 0 Å². The van der Waals surface area contributed by atoms with Gasteiger partial charge in [-0.05, 0) is 12.1 Å². The Kier molecular flexibility index (Phi) is 3.29. The highest BCUT2D eigenvalue weighted by Gasteiger charge is 2.08. The Hall–Kier alpha value is -2.13. The average Bonchev–Trinajstić information content (AvgIpc) is 2.78. The standard InChI is InChI=1S/C16H15NO2/c18-10-12-19-11-9-17-15-7-3-1-5-13(15)14-6-2-4-8-16(14)17/h1-8,10H,9,11-12H2. The molecule has 3 nitrogen and oxygen atoms in total. The number of hydrogen-bond acceptors (Lipinski definition) is 2. The van der Waals surface area contributed by atoms with Gasteiger partial charge in [-0.15, -0.1) is 0 Å². The predicted octanol–water partition coefficient (Wildman–Crippen LogP) is 3.01. The van der Waals surface area contributed by atoms with Crippen molar-refractivity contribution in [1.29, 1.82) is 0 Å². The summed E-state index contributed by atoms with van der Waals surface area (Å²) in [4.78, 5) is 10.3. The first kappa shape index (κ1) is 11.9. The molecule has 0 N–H and O–H groups in total. The number of fused-ring (bicyclic) bond motifs is 3. The molecule has 0 bridgehead atoms. The van der Waals surface area contributed by atoms with E-state index in [0.29, 0.717) is 6.61 Å². The van der Waals surface area contributed by atoms with Crippen molar-refractivity contribution >= 4 is 28.1 Å². The van der Waals surface area contributed by atoms with Crippen molar-refractivity contribution in [2.45, 2.75) is 6.54 Å². The van der Waals surface area contributed by atoms with Crippen LogP contribution in [-0.2, 0) is 16.1 Å². The van der Waals surface area contributed by atoms with E-state index in [-0.39, 0.29) is 6.61 Å². The molecule has 3 heteroatoms. The van der Waals surface area contributed by atoms with Crippen LogP contribution in [-0.4, -0.2) is 24.1 Å². The lowest BCUT2D eigenvalue weighted by Gasteiger charge is -2.06. The molecule has 0 saturated carbocycles. The zero-order chi connectivity index (χ0) is 13.1. The highest BCUT2D eigenvalue weighted by molar-refractivity contribution is 6.07. The van der Waals surface area contributed by atoms with Crippen LogP contribution in [0.25, 0.3) is 21.8 Å². The summed E-state index contributed by atoms with van der Waals surface area (Å²) in [5.41, 5.74) is 2.41. The molecule has 0 unspecified atom stereocenters. The van der Waals surface area contributed by atoms with Gasteiger partial charge in [0, 0.05) is 28.4 Å². The van der Waals surface area contributed by atoms with Crippen LogP contribution in [0.3, 0.4) is 0 Å². The molecule has 1 heterocycles. The smallest absolute Gasteiger partial charge is 0.145 e. The minimum Gasteiger partial charge on any atom is -0.372 e. The zero-order valence-electron chi connectivity index (χ0n) is 10.6. The van der Waals surface area contributed by atoms with Crippen molar-refractivity contribution < 1.29 is 9.53 Å². The summed E-state index contributed by atoms with van der Waals surface area (Å²) < 4.78 is 7.51. The number of hydrogen-bond donors (Lipinski definition) is 0. The highest BCUT2D eigenvalue weighted by Crippen LogP contribution is 2.28. The fraction of sp³-hybridized carbons (Fsp3) is 0.188. The van der Waals surface area contributed by atoms with Crippen molar-refractivity contribution in [2.75, 3.05) is 13.2 Å². The second-order valence-corrected chi connectivity index (χ2v) is 4.43. The van der Waals surface area contributed by atoms with Crippen LogP contribution in [0.15, 0.2) is 48.5 Å². The monoisotopic (exact) mass is 253 g/mol. The number of aromatic nitrogens is 1. The molecule has 1 aromatic heterocycles. The van der Waals surface area contributed by atoms with Crippen LogP contribution in [0.5, 0.6) is 0 Å². The van der Waals surface area contributed by atoms with E-state index in [4.69, 9.17) is 4.74 Å². The van der Waals surface area contributed by atoms with Gasteiger partial charge < -0.3 is 14.1 Å². The SMILES string of the molecule is O=CCOCCn1c2ccccc2c2ccccc21. The first-order valence-corrected chi connectivity index (χ1v) is 6.39. The lowest BCUT2D eigenvalue weighted by Crippen LogP contribution is -2.06. The first-order valence-electron chi connectivity index (χ1n) is 6.39. The summed E-state index contributed by atoms with van der Waals surface area (Å²) in [7, 11) is 0. The maximum absolute atomic E-state index is 10.3. The van der Waals surface area contributed by atoms with Gasteiger partial charge in [-0.2, -0.15) is 0 Å². The molecule has 0 aliphatic heterocycles. The van der Waals surface area contributed by atoms with E-state index in [2.05, 4.69) is 41.0 Å². The molecule has 19 heavy (non-hydrogen) atoms. The van der Waals surface area contributed by atoms with E-state index in [9.17, 15) is 4.79 Å². The number of aldehydes is 1. The van der Waals surface area contributed by atoms with E-state index in [1.165, 1.54) is 21.8 Å². The number of rotatable bonds is 5. The second kappa shape index (κ2) is 5.24. The Bertz CT molecular complexity index is 662. The van der Waals surface area contributed by atoms with Crippen molar-refractivity contribution in [3.8, 4) is 0 Å². The second-order valence-electron chi connectivity index (χ2n) is 4.43. The summed E-state index contributed by atoms with van der Waals surface area (Å²) in [5.74, 6) is 0. The lowest BCUT2D eigenvalue weighted by atomic mass is 10.2. The summed E-state index contributed by atoms with van der Waals surface area (Å²) >= 11 is 0. The van der Waals surface area contributed by atoms with Gasteiger partial charge in [0.1, 0.15) is 12.9 Å². The number of carbonyl (C=O) groups excluding carboxylic acids is 1. The van der Waals surface area contributed by atoms with Gasteiger partial charge in [-0.1, -0.05) is 36.4 Å². The third kappa shape index (κ3) is 2.13. The van der Waals surface area contributed by atoms with Gasteiger partial charge in [0.05, 0.1) is 6.61 Å². The molecule has 0 saturated heterocycles. The third-order valence-corrected chi connectivity index (χ3v) is 3.32. The molecular weight excluding hydrogens is 238 g/mol. The molecule has 0 aliphatic rings. The number of carbonyl (C=O) groups is 1. The van der Waals surface area contributed by atoms with E-state index in [0.717, 1.165) is 12.8 Å². The van der Waals surface area contributed by atoms with Crippen LogP contribution >= 0.6 is 0 Å². The largest absolute Gasteiger partial charge is 0.372 e. The Labute approximate surface area is 111 Å². The van der Waals surface area contributed by atoms with Crippen molar-refractivity contribution in [2.24, 2.45) is 0 Å². The van der Waals surface area contributed by atoms with Crippen LogP contribution in [0.4, 0.5) is 0 Å². The Balaban J connectivity index is 2.06. The summed E-state index contributed by atoms with van der Waals surface area (Å²) in [5, 5.41) is 2.52. The van der Waals surface area contributed by atoms with Gasteiger partial charge in [-0.3, -0.25) is 0 Å². The maximum atomic E-state index is 10.3. The maximum Gasteiger partial charge on any atom is 0.145 e. The van der Waals surface area contributed by atoms with Crippen LogP contribution in [0.2, 0.25) is 0 Å².